The summed E-state index contributed by atoms with van der Waals surface area (Å²) in [6.45, 7) is 10.8. The van der Waals surface area contributed by atoms with Gasteiger partial charge in [-0.25, -0.2) is 0 Å². The number of allylic oxidation sites excluding steroid dienone is 3. The van der Waals surface area contributed by atoms with E-state index < -0.39 is 0 Å². The molecule has 1 aliphatic rings. The summed E-state index contributed by atoms with van der Waals surface area (Å²) in [5.41, 5.74) is 0.799. The highest BCUT2D eigenvalue weighted by Gasteiger charge is 2.13. The van der Waals surface area contributed by atoms with E-state index in [0.29, 0.717) is 18.1 Å². The van der Waals surface area contributed by atoms with Crippen LogP contribution in [0.3, 0.4) is 0 Å². The zero-order chi connectivity index (χ0) is 19.8. The summed E-state index contributed by atoms with van der Waals surface area (Å²) in [7, 11) is 1.64. The third-order valence-corrected chi connectivity index (χ3v) is 4.59. The quantitative estimate of drug-likeness (QED) is 0.372. The Morgan fingerprint density at radius 3 is 2.82 bits per heavy atom. The van der Waals surface area contributed by atoms with Gasteiger partial charge >= 0.3 is 0 Å². The van der Waals surface area contributed by atoms with Gasteiger partial charge in [-0.2, -0.15) is 0 Å². The molecule has 2 heterocycles. The molecule has 28 heavy (non-hydrogen) atoms. The fraction of sp³-hybridized carbons (Fsp3) is 0.409. The Bertz CT molecular complexity index is 829. The Labute approximate surface area is 166 Å². The van der Waals surface area contributed by atoms with Crippen molar-refractivity contribution in [2.24, 2.45) is 0 Å². The first kappa shape index (κ1) is 20.2. The van der Waals surface area contributed by atoms with Gasteiger partial charge in [-0.05, 0) is 31.6 Å². The van der Waals surface area contributed by atoms with Crippen molar-refractivity contribution in [2.45, 2.75) is 13.3 Å². The fourth-order valence-corrected chi connectivity index (χ4v) is 3.16. The molecule has 0 unspecified atom stereocenters. The van der Waals surface area contributed by atoms with Crippen molar-refractivity contribution in [3.8, 4) is 17.2 Å². The number of methoxy groups -OCH3 is 1. The van der Waals surface area contributed by atoms with E-state index in [1.165, 1.54) is 0 Å². The van der Waals surface area contributed by atoms with Crippen LogP contribution >= 0.6 is 0 Å². The highest BCUT2D eigenvalue weighted by Crippen LogP contribution is 2.36. The van der Waals surface area contributed by atoms with Gasteiger partial charge in [-0.1, -0.05) is 12.7 Å². The molecule has 0 aliphatic carbocycles. The van der Waals surface area contributed by atoms with Crippen molar-refractivity contribution in [1.29, 1.82) is 0 Å². The molecule has 6 nitrogen and oxygen atoms in total. The van der Waals surface area contributed by atoms with Crippen molar-refractivity contribution in [3.63, 3.8) is 0 Å². The number of ether oxygens (including phenoxy) is 4. The summed E-state index contributed by atoms with van der Waals surface area (Å²) in [6.07, 6.45) is 6.19. The summed E-state index contributed by atoms with van der Waals surface area (Å²) in [4.78, 5) is 6.85. The van der Waals surface area contributed by atoms with Crippen LogP contribution in [-0.2, 0) is 4.74 Å². The molecule has 1 aliphatic heterocycles. The topological polar surface area (TPSA) is 53.1 Å². The lowest BCUT2D eigenvalue weighted by atomic mass is 10.2. The lowest BCUT2D eigenvalue weighted by molar-refractivity contribution is 0.0357. The van der Waals surface area contributed by atoms with E-state index in [9.17, 15) is 0 Å². The van der Waals surface area contributed by atoms with Gasteiger partial charge in [0.05, 0.1) is 32.4 Å². The number of fused-ring (bicyclic) bond motifs is 1. The first-order valence-corrected chi connectivity index (χ1v) is 9.58. The largest absolute Gasteiger partial charge is 0.493 e. The van der Waals surface area contributed by atoms with Crippen molar-refractivity contribution < 1.29 is 18.9 Å². The molecule has 0 spiro atoms. The molecule has 1 aromatic carbocycles. The molecule has 0 bridgehead atoms. The minimum Gasteiger partial charge on any atom is -0.493 e. The minimum atomic E-state index is 0.622. The molecule has 0 radical (unpaired) electrons. The van der Waals surface area contributed by atoms with Crippen LogP contribution in [0, 0.1) is 0 Å². The van der Waals surface area contributed by atoms with Gasteiger partial charge in [0.25, 0.3) is 0 Å². The lowest BCUT2D eigenvalue weighted by Crippen LogP contribution is -2.37. The summed E-state index contributed by atoms with van der Waals surface area (Å²) in [5, 5.41) is 0.872. The van der Waals surface area contributed by atoms with Crippen LogP contribution in [0.25, 0.3) is 10.9 Å². The monoisotopic (exact) mass is 384 g/mol. The highest BCUT2D eigenvalue weighted by molar-refractivity contribution is 5.88. The normalized spacial score (nSPS) is 15.4. The van der Waals surface area contributed by atoms with Crippen LogP contribution in [0.4, 0.5) is 0 Å². The number of pyridine rings is 1. The fourth-order valence-electron chi connectivity index (χ4n) is 3.16. The number of hydrogen-bond donors (Lipinski definition) is 0. The van der Waals surface area contributed by atoms with Crippen molar-refractivity contribution in [2.75, 3.05) is 46.6 Å². The Morgan fingerprint density at radius 2 is 2.07 bits per heavy atom. The molecule has 0 amide bonds. The van der Waals surface area contributed by atoms with Gasteiger partial charge in [0, 0.05) is 37.3 Å². The number of hydrogen-bond acceptors (Lipinski definition) is 6. The molecule has 1 aromatic heterocycles. The van der Waals surface area contributed by atoms with E-state index in [4.69, 9.17) is 18.9 Å². The third-order valence-electron chi connectivity index (χ3n) is 4.59. The number of rotatable bonds is 9. The van der Waals surface area contributed by atoms with E-state index >= 15 is 0 Å². The molecule has 0 atom stereocenters. The van der Waals surface area contributed by atoms with Crippen LogP contribution in [-0.4, -0.2) is 56.4 Å². The van der Waals surface area contributed by atoms with Gasteiger partial charge in [-0.15, -0.1) is 0 Å². The Balaban J connectivity index is 1.70. The summed E-state index contributed by atoms with van der Waals surface area (Å²) >= 11 is 0. The van der Waals surface area contributed by atoms with E-state index in [-0.39, 0.29) is 0 Å². The smallest absolute Gasteiger partial charge is 0.163 e. The van der Waals surface area contributed by atoms with Crippen LogP contribution in [0.5, 0.6) is 17.2 Å². The van der Waals surface area contributed by atoms with Crippen LogP contribution in [0.2, 0.25) is 0 Å². The predicted molar refractivity (Wildman–Crippen MR) is 110 cm³/mol. The highest BCUT2D eigenvalue weighted by atomic mass is 16.5. The molecular weight excluding hydrogens is 356 g/mol. The van der Waals surface area contributed by atoms with Crippen LogP contribution < -0.4 is 14.2 Å². The average Bonchev–Trinajstić information content (AvgIpc) is 2.72. The van der Waals surface area contributed by atoms with E-state index in [0.717, 1.165) is 61.7 Å². The second kappa shape index (κ2) is 10.1. The Hall–Kier alpha value is -2.57. The maximum absolute atomic E-state index is 6.00. The standard InChI is InChI=1S/C22H28N2O4/c1-4-6-17(2)28-20-7-8-23-19-16-22(21(25-3)15-18(19)20)27-12-5-9-24-10-13-26-14-11-24/h4,6-8,15-16H,1,5,9-14H2,2-3H3/b17-6+. The zero-order valence-corrected chi connectivity index (χ0v) is 16.6. The SMILES string of the molecule is C=C/C=C(\C)Oc1ccnc2cc(OCCCN3CCOCC3)c(OC)cc12. The summed E-state index contributed by atoms with van der Waals surface area (Å²) in [6, 6.07) is 5.66. The molecule has 3 rings (SSSR count). The first-order chi connectivity index (χ1) is 13.7. The predicted octanol–water partition coefficient (Wildman–Crippen LogP) is 3.81. The van der Waals surface area contributed by atoms with Crippen LogP contribution in [0.15, 0.2) is 48.9 Å². The molecule has 6 heteroatoms. The Kier molecular flexibility index (Phi) is 7.28. The van der Waals surface area contributed by atoms with Gasteiger partial charge < -0.3 is 18.9 Å². The van der Waals surface area contributed by atoms with Crippen molar-refractivity contribution in [3.05, 3.63) is 48.9 Å². The Morgan fingerprint density at radius 1 is 1.25 bits per heavy atom. The van der Waals surface area contributed by atoms with Gasteiger partial charge in [0.15, 0.2) is 11.5 Å². The lowest BCUT2D eigenvalue weighted by Gasteiger charge is -2.26. The minimum absolute atomic E-state index is 0.622. The molecule has 2 aromatic rings. The molecule has 150 valence electrons. The van der Waals surface area contributed by atoms with Crippen LogP contribution in [0.1, 0.15) is 13.3 Å². The zero-order valence-electron chi connectivity index (χ0n) is 16.6. The number of aromatic nitrogens is 1. The van der Waals surface area contributed by atoms with Gasteiger partial charge in [0.1, 0.15) is 11.5 Å². The summed E-state index contributed by atoms with van der Waals surface area (Å²) < 4.78 is 22.8. The molecular formula is C22H28N2O4. The van der Waals surface area contributed by atoms with Gasteiger partial charge in [-0.3, -0.25) is 9.88 Å². The van der Waals surface area contributed by atoms with E-state index in [1.54, 1.807) is 19.4 Å². The second-order valence-electron chi connectivity index (χ2n) is 6.60. The number of morpholine rings is 1. The molecule has 0 saturated carbocycles. The summed E-state index contributed by atoms with van der Waals surface area (Å²) in [5.74, 6) is 2.84. The van der Waals surface area contributed by atoms with Crippen molar-refractivity contribution >= 4 is 10.9 Å². The molecule has 1 saturated heterocycles. The van der Waals surface area contributed by atoms with Crippen molar-refractivity contribution in [1.82, 2.24) is 9.88 Å². The maximum atomic E-state index is 6.00. The molecule has 0 N–H and O–H groups in total. The third kappa shape index (κ3) is 5.24. The van der Waals surface area contributed by atoms with Gasteiger partial charge in [0.2, 0.25) is 0 Å². The maximum Gasteiger partial charge on any atom is 0.163 e. The van der Waals surface area contributed by atoms with E-state index in [2.05, 4.69) is 16.5 Å². The average molecular weight is 384 g/mol. The second-order valence-corrected chi connectivity index (χ2v) is 6.60. The number of benzene rings is 1. The van der Waals surface area contributed by atoms with E-state index in [1.807, 2.05) is 31.2 Å². The molecule has 1 fully saturated rings. The first-order valence-electron chi connectivity index (χ1n) is 9.58. The number of nitrogens with zero attached hydrogens (tertiary/aromatic N) is 2.